The third-order valence-corrected chi connectivity index (χ3v) is 1.35. The number of fused-ring (bicyclic) bond motifs is 1. The zero-order valence-corrected chi connectivity index (χ0v) is 6.14. The fourth-order valence-electron chi connectivity index (χ4n) is 0.883. The van der Waals surface area contributed by atoms with E-state index >= 15 is 0 Å². The second kappa shape index (κ2) is 2.84. The Hall–Kier alpha value is -0.816. The number of nitrogens with zero attached hydrogens (tertiary/aromatic N) is 1. The van der Waals surface area contributed by atoms with Gasteiger partial charge in [0.1, 0.15) is 0 Å². The van der Waals surface area contributed by atoms with Crippen molar-refractivity contribution in [3.8, 4) is 0 Å². The predicted molar refractivity (Wildman–Crippen MR) is 36.1 cm³/mol. The van der Waals surface area contributed by atoms with E-state index in [2.05, 4.69) is 10.2 Å². The largest absolute Gasteiger partial charge is 0.278 e. The molecule has 2 rings (SSSR count). The number of hydrogen-bond donors (Lipinski definition) is 1. The van der Waals surface area contributed by atoms with Gasteiger partial charge in [-0.1, -0.05) is 18.2 Å². The minimum absolute atomic E-state index is 0. The minimum atomic E-state index is 0. The van der Waals surface area contributed by atoms with E-state index in [1.54, 1.807) is 0 Å². The molecule has 0 saturated carbocycles. The van der Waals surface area contributed by atoms with E-state index in [-0.39, 0.29) is 16.5 Å². The number of para-hydroxylation sites is 1. The van der Waals surface area contributed by atoms with Crippen LogP contribution in [0.15, 0.2) is 30.5 Å². The molecular weight excluding hydrogens is 171 g/mol. The predicted octanol–water partition coefficient (Wildman–Crippen LogP) is 1.56. The molecule has 0 aliphatic rings. The van der Waals surface area contributed by atoms with Crippen LogP contribution in [0.3, 0.4) is 0 Å². The smallest absolute Gasteiger partial charge is 0.0650 e. The van der Waals surface area contributed by atoms with Gasteiger partial charge in [-0.25, -0.2) is 0 Å². The van der Waals surface area contributed by atoms with Gasteiger partial charge in [-0.2, -0.15) is 5.10 Å². The molecule has 1 heterocycles. The average Bonchev–Trinajstić information content (AvgIpc) is 2.33. The quantitative estimate of drug-likeness (QED) is 0.607. The SMILES string of the molecule is [Ni].c1ccc2[nH]ncc2c1. The van der Waals surface area contributed by atoms with Crippen LogP contribution in [0, 0.1) is 0 Å². The fourth-order valence-corrected chi connectivity index (χ4v) is 0.883. The molecule has 0 aliphatic carbocycles. The molecule has 0 fully saturated rings. The standard InChI is InChI=1S/C7H6N2.Ni/c1-2-4-7-6(3-1)5-8-9-7;/h1-5H,(H,8,9);. The summed E-state index contributed by atoms with van der Waals surface area (Å²) in [5.74, 6) is 0. The third-order valence-electron chi connectivity index (χ3n) is 1.35. The maximum Gasteiger partial charge on any atom is 0.0650 e. The first-order chi connectivity index (χ1) is 4.47. The van der Waals surface area contributed by atoms with Gasteiger partial charge in [-0.15, -0.1) is 0 Å². The average molecular weight is 177 g/mol. The van der Waals surface area contributed by atoms with Gasteiger partial charge in [0.25, 0.3) is 0 Å². The Morgan fingerprint density at radius 1 is 1.20 bits per heavy atom. The molecule has 1 N–H and O–H groups in total. The second-order valence-corrected chi connectivity index (χ2v) is 1.96. The van der Waals surface area contributed by atoms with E-state index < -0.39 is 0 Å². The van der Waals surface area contributed by atoms with Gasteiger partial charge in [0.15, 0.2) is 0 Å². The Labute approximate surface area is 68.6 Å². The molecular formula is C7H6N2Ni. The van der Waals surface area contributed by atoms with Crippen molar-refractivity contribution in [2.45, 2.75) is 0 Å². The number of aromatic nitrogens is 2. The van der Waals surface area contributed by atoms with Crippen LogP contribution in [0.1, 0.15) is 0 Å². The summed E-state index contributed by atoms with van der Waals surface area (Å²) in [6.07, 6.45) is 1.81. The first-order valence-electron chi connectivity index (χ1n) is 2.85. The van der Waals surface area contributed by atoms with E-state index in [0.717, 1.165) is 10.9 Å². The number of nitrogens with one attached hydrogen (secondary N) is 1. The van der Waals surface area contributed by atoms with Crippen LogP contribution < -0.4 is 0 Å². The number of benzene rings is 1. The van der Waals surface area contributed by atoms with E-state index in [0.29, 0.717) is 0 Å². The molecule has 54 valence electrons. The fraction of sp³-hybridized carbons (Fsp3) is 0. The molecule has 0 amide bonds. The van der Waals surface area contributed by atoms with Gasteiger partial charge in [0.05, 0.1) is 11.7 Å². The Balaban J connectivity index is 0.000000500. The molecule has 1 aromatic heterocycles. The monoisotopic (exact) mass is 176 g/mol. The molecule has 0 radical (unpaired) electrons. The Kier molecular flexibility index (Phi) is 2.07. The summed E-state index contributed by atoms with van der Waals surface area (Å²) in [5, 5.41) is 7.91. The van der Waals surface area contributed by atoms with Gasteiger partial charge >= 0.3 is 0 Å². The van der Waals surface area contributed by atoms with E-state index in [1.165, 1.54) is 0 Å². The maximum absolute atomic E-state index is 3.88. The number of hydrogen-bond acceptors (Lipinski definition) is 1. The maximum atomic E-state index is 3.88. The van der Waals surface area contributed by atoms with Crippen LogP contribution in [0.4, 0.5) is 0 Å². The number of rotatable bonds is 0. The van der Waals surface area contributed by atoms with Gasteiger partial charge < -0.3 is 0 Å². The van der Waals surface area contributed by atoms with Gasteiger partial charge in [-0.05, 0) is 6.07 Å². The van der Waals surface area contributed by atoms with Crippen LogP contribution in [-0.2, 0) is 16.5 Å². The van der Waals surface area contributed by atoms with Gasteiger partial charge in [0.2, 0.25) is 0 Å². The van der Waals surface area contributed by atoms with E-state index in [9.17, 15) is 0 Å². The summed E-state index contributed by atoms with van der Waals surface area (Å²) in [4.78, 5) is 0. The second-order valence-electron chi connectivity index (χ2n) is 1.96. The van der Waals surface area contributed by atoms with Crippen molar-refractivity contribution in [2.24, 2.45) is 0 Å². The zero-order valence-electron chi connectivity index (χ0n) is 5.15. The topological polar surface area (TPSA) is 28.7 Å². The van der Waals surface area contributed by atoms with Crippen LogP contribution in [0.5, 0.6) is 0 Å². The normalized spacial score (nSPS) is 9.20. The first kappa shape index (κ1) is 7.29. The summed E-state index contributed by atoms with van der Waals surface area (Å²) < 4.78 is 0. The van der Waals surface area contributed by atoms with Crippen molar-refractivity contribution in [1.82, 2.24) is 10.2 Å². The van der Waals surface area contributed by atoms with E-state index in [4.69, 9.17) is 0 Å². The molecule has 0 spiro atoms. The van der Waals surface area contributed by atoms with Crippen molar-refractivity contribution in [2.75, 3.05) is 0 Å². The Bertz CT molecular complexity index is 286. The number of aromatic amines is 1. The zero-order chi connectivity index (χ0) is 6.10. The first-order valence-corrected chi connectivity index (χ1v) is 2.85. The molecule has 0 atom stereocenters. The summed E-state index contributed by atoms with van der Waals surface area (Å²) in [5.41, 5.74) is 1.09. The molecule has 3 heteroatoms. The summed E-state index contributed by atoms with van der Waals surface area (Å²) in [6, 6.07) is 8.01. The molecule has 0 aliphatic heterocycles. The van der Waals surface area contributed by atoms with Gasteiger partial charge in [-0.3, -0.25) is 5.10 Å². The van der Waals surface area contributed by atoms with Crippen LogP contribution in [0.2, 0.25) is 0 Å². The van der Waals surface area contributed by atoms with Crippen molar-refractivity contribution < 1.29 is 16.5 Å². The van der Waals surface area contributed by atoms with Gasteiger partial charge in [0, 0.05) is 21.9 Å². The Morgan fingerprint density at radius 3 is 2.80 bits per heavy atom. The molecule has 0 bridgehead atoms. The molecule has 2 nitrogen and oxygen atoms in total. The van der Waals surface area contributed by atoms with Crippen molar-refractivity contribution in [3.63, 3.8) is 0 Å². The molecule has 1 aromatic carbocycles. The third kappa shape index (κ3) is 1.05. The molecule has 0 unspecified atom stereocenters. The summed E-state index contributed by atoms with van der Waals surface area (Å²) >= 11 is 0. The summed E-state index contributed by atoms with van der Waals surface area (Å²) in [6.45, 7) is 0. The number of H-pyrrole nitrogens is 1. The van der Waals surface area contributed by atoms with Crippen LogP contribution in [-0.4, -0.2) is 10.2 Å². The summed E-state index contributed by atoms with van der Waals surface area (Å²) in [7, 11) is 0. The molecule has 0 saturated heterocycles. The van der Waals surface area contributed by atoms with Crippen molar-refractivity contribution >= 4 is 10.9 Å². The van der Waals surface area contributed by atoms with Crippen molar-refractivity contribution in [3.05, 3.63) is 30.5 Å². The van der Waals surface area contributed by atoms with Crippen LogP contribution >= 0.6 is 0 Å². The minimum Gasteiger partial charge on any atom is -0.278 e. The van der Waals surface area contributed by atoms with E-state index in [1.807, 2.05) is 30.5 Å². The molecule has 10 heavy (non-hydrogen) atoms. The van der Waals surface area contributed by atoms with Crippen molar-refractivity contribution in [1.29, 1.82) is 0 Å². The Morgan fingerprint density at radius 2 is 2.00 bits per heavy atom. The molecule has 2 aromatic rings. The van der Waals surface area contributed by atoms with Crippen LogP contribution in [0.25, 0.3) is 10.9 Å².